The van der Waals surface area contributed by atoms with Crippen LogP contribution in [0.4, 0.5) is 10.1 Å². The van der Waals surface area contributed by atoms with Crippen LogP contribution in [-0.2, 0) is 11.3 Å². The predicted molar refractivity (Wildman–Crippen MR) is 73.4 cm³/mol. The number of hydrogen-bond acceptors (Lipinski definition) is 2. The summed E-state index contributed by atoms with van der Waals surface area (Å²) in [5, 5.41) is 0.411. The summed E-state index contributed by atoms with van der Waals surface area (Å²) in [7, 11) is 0. The summed E-state index contributed by atoms with van der Waals surface area (Å²) >= 11 is 5.84. The maximum atomic E-state index is 12.9. The van der Waals surface area contributed by atoms with Crippen LogP contribution in [0.15, 0.2) is 42.5 Å². The van der Waals surface area contributed by atoms with Crippen LogP contribution in [0, 0.1) is 5.82 Å². The van der Waals surface area contributed by atoms with Gasteiger partial charge in [-0.25, -0.2) is 4.39 Å². The van der Waals surface area contributed by atoms with Gasteiger partial charge in [-0.05, 0) is 35.9 Å². The second kappa shape index (κ2) is 4.72. The highest BCUT2D eigenvalue weighted by Crippen LogP contribution is 2.32. The van der Waals surface area contributed by atoms with Gasteiger partial charge < -0.3 is 4.90 Å². The van der Waals surface area contributed by atoms with E-state index in [2.05, 4.69) is 0 Å². The van der Waals surface area contributed by atoms with Crippen molar-refractivity contribution in [2.45, 2.75) is 6.54 Å². The Morgan fingerprint density at radius 2 is 1.75 bits per heavy atom. The van der Waals surface area contributed by atoms with E-state index >= 15 is 0 Å². The Kier molecular flexibility index (Phi) is 3.03. The van der Waals surface area contributed by atoms with Crippen LogP contribution in [0.25, 0.3) is 0 Å². The smallest absolute Gasteiger partial charge is 0.299 e. The Bertz CT molecular complexity index is 712. The fourth-order valence-corrected chi connectivity index (χ4v) is 2.37. The summed E-state index contributed by atoms with van der Waals surface area (Å²) in [6, 6.07) is 10.6. The number of carbonyl (C=O) groups excluding carboxylic acids is 2. The van der Waals surface area contributed by atoms with Crippen LogP contribution in [-0.4, -0.2) is 11.7 Å². The minimum atomic E-state index is -0.591. The van der Waals surface area contributed by atoms with Crippen molar-refractivity contribution in [3.05, 3.63) is 64.4 Å². The molecule has 5 heteroatoms. The molecule has 0 aromatic heterocycles. The van der Waals surface area contributed by atoms with Gasteiger partial charge >= 0.3 is 0 Å². The third-order valence-corrected chi connectivity index (χ3v) is 3.42. The van der Waals surface area contributed by atoms with Gasteiger partial charge in [-0.3, -0.25) is 9.59 Å². The number of anilines is 1. The van der Waals surface area contributed by atoms with Gasteiger partial charge in [0.2, 0.25) is 0 Å². The van der Waals surface area contributed by atoms with Gasteiger partial charge in [-0.15, -0.1) is 0 Å². The Morgan fingerprint density at radius 1 is 1.05 bits per heavy atom. The van der Waals surface area contributed by atoms with Crippen LogP contribution in [0.1, 0.15) is 15.9 Å². The van der Waals surface area contributed by atoms with Gasteiger partial charge in [-0.1, -0.05) is 23.7 Å². The number of amides is 1. The van der Waals surface area contributed by atoms with Gasteiger partial charge in [-0.2, -0.15) is 0 Å². The molecule has 0 bridgehead atoms. The molecular formula is C15H9ClFNO2. The van der Waals surface area contributed by atoms with Crippen molar-refractivity contribution in [2.24, 2.45) is 0 Å². The van der Waals surface area contributed by atoms with Gasteiger partial charge in [0, 0.05) is 5.02 Å². The molecule has 1 amide bonds. The Hall–Kier alpha value is -2.20. The number of nitrogens with zero attached hydrogens (tertiary/aromatic N) is 1. The fraction of sp³-hybridized carbons (Fsp3) is 0.0667. The van der Waals surface area contributed by atoms with Crippen molar-refractivity contribution in [3.63, 3.8) is 0 Å². The Morgan fingerprint density at radius 3 is 2.45 bits per heavy atom. The number of fused-ring (bicyclic) bond motifs is 1. The molecule has 0 saturated carbocycles. The molecule has 0 saturated heterocycles. The molecule has 3 rings (SSSR count). The zero-order chi connectivity index (χ0) is 14.3. The number of carbonyl (C=O) groups is 2. The largest absolute Gasteiger partial charge is 0.300 e. The predicted octanol–water partition coefficient (Wildman–Crippen LogP) is 3.21. The second-order valence-corrected chi connectivity index (χ2v) is 4.94. The van der Waals surface area contributed by atoms with Crippen molar-refractivity contribution in [3.8, 4) is 0 Å². The van der Waals surface area contributed by atoms with E-state index in [0.717, 1.165) is 5.56 Å². The summed E-state index contributed by atoms with van der Waals surface area (Å²) in [6.07, 6.45) is 0. The molecule has 2 aromatic carbocycles. The molecular weight excluding hydrogens is 281 g/mol. The van der Waals surface area contributed by atoms with E-state index in [1.165, 1.54) is 23.1 Å². The molecule has 0 radical (unpaired) electrons. The first-order valence-electron chi connectivity index (χ1n) is 5.96. The molecule has 3 nitrogen and oxygen atoms in total. The third kappa shape index (κ3) is 2.08. The van der Waals surface area contributed by atoms with Crippen LogP contribution in [0.3, 0.4) is 0 Å². The number of benzene rings is 2. The minimum Gasteiger partial charge on any atom is -0.300 e. The van der Waals surface area contributed by atoms with E-state index in [1.54, 1.807) is 24.3 Å². The van der Waals surface area contributed by atoms with Crippen molar-refractivity contribution < 1.29 is 14.0 Å². The SMILES string of the molecule is O=C1C(=O)N(Cc2ccc(F)cc2)c2ccc(Cl)cc21. The fourth-order valence-electron chi connectivity index (χ4n) is 2.20. The average Bonchev–Trinajstić information content (AvgIpc) is 2.66. The van der Waals surface area contributed by atoms with E-state index in [9.17, 15) is 14.0 Å². The van der Waals surface area contributed by atoms with Crippen molar-refractivity contribution >= 4 is 29.0 Å². The molecule has 1 heterocycles. The molecule has 0 fully saturated rings. The first kappa shape index (κ1) is 12.8. The minimum absolute atomic E-state index is 0.222. The lowest BCUT2D eigenvalue weighted by Crippen LogP contribution is -2.29. The van der Waals surface area contributed by atoms with Crippen molar-refractivity contribution in [1.29, 1.82) is 0 Å². The van der Waals surface area contributed by atoms with Gasteiger partial charge in [0.05, 0.1) is 17.8 Å². The summed E-state index contributed by atoms with van der Waals surface area (Å²) < 4.78 is 12.9. The molecule has 0 aliphatic carbocycles. The highest BCUT2D eigenvalue weighted by Gasteiger charge is 2.35. The lowest BCUT2D eigenvalue weighted by molar-refractivity contribution is -0.114. The molecule has 0 unspecified atom stereocenters. The lowest BCUT2D eigenvalue weighted by Gasteiger charge is -2.16. The molecule has 2 aromatic rings. The van der Waals surface area contributed by atoms with E-state index < -0.39 is 11.7 Å². The number of halogens is 2. The normalized spacial score (nSPS) is 13.8. The van der Waals surface area contributed by atoms with E-state index in [1.807, 2.05) is 0 Å². The van der Waals surface area contributed by atoms with Crippen LogP contribution < -0.4 is 4.90 Å². The average molecular weight is 290 g/mol. The molecule has 0 spiro atoms. The number of hydrogen-bond donors (Lipinski definition) is 0. The number of Topliss-reactive ketones (excluding diaryl/α,β-unsaturated/α-hetero) is 1. The Labute approximate surface area is 119 Å². The summed E-state index contributed by atoms with van der Waals surface area (Å²) in [6.45, 7) is 0.222. The van der Waals surface area contributed by atoms with Crippen LogP contribution in [0.2, 0.25) is 5.02 Å². The maximum Gasteiger partial charge on any atom is 0.299 e. The molecule has 0 N–H and O–H groups in total. The highest BCUT2D eigenvalue weighted by molar-refractivity contribution is 6.52. The van der Waals surface area contributed by atoms with Crippen LogP contribution in [0.5, 0.6) is 0 Å². The zero-order valence-electron chi connectivity index (χ0n) is 10.3. The lowest BCUT2D eigenvalue weighted by atomic mass is 10.1. The topological polar surface area (TPSA) is 37.4 Å². The van der Waals surface area contributed by atoms with E-state index in [0.29, 0.717) is 16.3 Å². The molecule has 20 heavy (non-hydrogen) atoms. The highest BCUT2D eigenvalue weighted by atomic mass is 35.5. The van der Waals surface area contributed by atoms with Gasteiger partial charge in [0.1, 0.15) is 5.82 Å². The standard InChI is InChI=1S/C15H9ClFNO2/c16-10-3-6-13-12(7-10)14(19)15(20)18(13)8-9-1-4-11(17)5-2-9/h1-7H,8H2. The molecule has 100 valence electrons. The van der Waals surface area contributed by atoms with E-state index in [-0.39, 0.29) is 12.4 Å². The quantitative estimate of drug-likeness (QED) is 0.796. The maximum absolute atomic E-state index is 12.9. The third-order valence-electron chi connectivity index (χ3n) is 3.19. The van der Waals surface area contributed by atoms with E-state index in [4.69, 9.17) is 11.6 Å². The monoisotopic (exact) mass is 289 g/mol. The van der Waals surface area contributed by atoms with Gasteiger partial charge in [0.15, 0.2) is 0 Å². The summed E-state index contributed by atoms with van der Waals surface area (Å²) in [4.78, 5) is 25.3. The van der Waals surface area contributed by atoms with Crippen LogP contribution >= 0.6 is 11.6 Å². The second-order valence-electron chi connectivity index (χ2n) is 4.51. The first-order valence-corrected chi connectivity index (χ1v) is 6.34. The molecule has 0 atom stereocenters. The van der Waals surface area contributed by atoms with Crippen molar-refractivity contribution in [2.75, 3.05) is 4.90 Å². The summed E-state index contributed by atoms with van der Waals surface area (Å²) in [5.74, 6) is -1.50. The van der Waals surface area contributed by atoms with Gasteiger partial charge in [0.25, 0.3) is 11.7 Å². The molecule has 1 aliphatic rings. The number of ketones is 1. The summed E-state index contributed by atoms with van der Waals surface area (Å²) in [5.41, 5.74) is 1.59. The Balaban J connectivity index is 1.97. The van der Waals surface area contributed by atoms with Crippen molar-refractivity contribution in [1.82, 2.24) is 0 Å². The molecule has 1 aliphatic heterocycles. The first-order chi connectivity index (χ1) is 9.56. The number of rotatable bonds is 2. The zero-order valence-corrected chi connectivity index (χ0v) is 11.0.